The lowest BCUT2D eigenvalue weighted by Gasteiger charge is -2.12. The standard InChI is InChI=1S/C8H15F3N2O2/c1-6(3-2-4-12)7(14)13-15-5-8(9,10)11/h6H,2-5,12H2,1H3,(H,13,14). The third-order valence-corrected chi connectivity index (χ3v) is 1.70. The molecule has 0 aliphatic rings. The van der Waals surface area contributed by atoms with Crippen molar-refractivity contribution in [3.8, 4) is 0 Å². The van der Waals surface area contributed by atoms with Crippen molar-refractivity contribution in [3.63, 3.8) is 0 Å². The van der Waals surface area contributed by atoms with Crippen molar-refractivity contribution in [2.24, 2.45) is 11.7 Å². The van der Waals surface area contributed by atoms with Crippen LogP contribution in [0, 0.1) is 5.92 Å². The van der Waals surface area contributed by atoms with Gasteiger partial charge in [0.1, 0.15) is 0 Å². The summed E-state index contributed by atoms with van der Waals surface area (Å²) < 4.78 is 34.9. The van der Waals surface area contributed by atoms with Gasteiger partial charge in [0.25, 0.3) is 0 Å². The largest absolute Gasteiger partial charge is 0.414 e. The van der Waals surface area contributed by atoms with Gasteiger partial charge in [0.05, 0.1) is 0 Å². The maximum Gasteiger partial charge on any atom is 0.414 e. The quantitative estimate of drug-likeness (QED) is 0.666. The third kappa shape index (κ3) is 8.19. The van der Waals surface area contributed by atoms with Crippen LogP contribution in [0.15, 0.2) is 0 Å². The number of halogens is 3. The maximum absolute atomic E-state index is 11.6. The maximum atomic E-state index is 11.6. The lowest BCUT2D eigenvalue weighted by Crippen LogP contribution is -2.33. The van der Waals surface area contributed by atoms with Gasteiger partial charge < -0.3 is 5.73 Å². The molecule has 0 saturated heterocycles. The Morgan fingerprint density at radius 2 is 2.13 bits per heavy atom. The second-order valence-corrected chi connectivity index (χ2v) is 3.20. The van der Waals surface area contributed by atoms with E-state index in [1.807, 2.05) is 0 Å². The fourth-order valence-corrected chi connectivity index (χ4v) is 0.845. The van der Waals surface area contributed by atoms with E-state index >= 15 is 0 Å². The number of nitrogens with one attached hydrogen (secondary N) is 1. The number of alkyl halides is 3. The van der Waals surface area contributed by atoms with Crippen molar-refractivity contribution in [1.29, 1.82) is 0 Å². The van der Waals surface area contributed by atoms with Gasteiger partial charge in [-0.05, 0) is 19.4 Å². The first-order valence-electron chi connectivity index (χ1n) is 4.55. The van der Waals surface area contributed by atoms with Gasteiger partial charge >= 0.3 is 6.18 Å². The molecule has 0 heterocycles. The summed E-state index contributed by atoms with van der Waals surface area (Å²) in [5.74, 6) is -0.963. The second kappa shape index (κ2) is 6.62. The summed E-state index contributed by atoms with van der Waals surface area (Å²) in [6.07, 6.45) is -3.26. The fraction of sp³-hybridized carbons (Fsp3) is 0.875. The van der Waals surface area contributed by atoms with E-state index in [9.17, 15) is 18.0 Å². The van der Waals surface area contributed by atoms with Crippen molar-refractivity contribution in [2.75, 3.05) is 13.2 Å². The highest BCUT2D eigenvalue weighted by Gasteiger charge is 2.28. The van der Waals surface area contributed by atoms with E-state index in [1.165, 1.54) is 0 Å². The lowest BCUT2D eigenvalue weighted by atomic mass is 10.1. The van der Waals surface area contributed by atoms with Crippen molar-refractivity contribution < 1.29 is 22.8 Å². The average molecular weight is 228 g/mol. The number of hydroxylamine groups is 1. The third-order valence-electron chi connectivity index (χ3n) is 1.70. The number of carbonyl (C=O) groups is 1. The van der Waals surface area contributed by atoms with E-state index < -0.39 is 24.6 Å². The van der Waals surface area contributed by atoms with Crippen LogP contribution in [-0.4, -0.2) is 25.2 Å². The summed E-state index contributed by atoms with van der Waals surface area (Å²) in [6.45, 7) is 0.561. The number of rotatable bonds is 6. The van der Waals surface area contributed by atoms with Crippen LogP contribution in [0.3, 0.4) is 0 Å². The first kappa shape index (κ1) is 14.2. The predicted molar refractivity (Wildman–Crippen MR) is 47.6 cm³/mol. The molecule has 0 rings (SSSR count). The minimum atomic E-state index is -4.44. The number of hydrogen-bond donors (Lipinski definition) is 2. The van der Waals surface area contributed by atoms with Crippen molar-refractivity contribution >= 4 is 5.91 Å². The molecule has 15 heavy (non-hydrogen) atoms. The van der Waals surface area contributed by atoms with E-state index in [2.05, 4.69) is 4.84 Å². The Balaban J connectivity index is 3.64. The minimum absolute atomic E-state index is 0.401. The molecule has 1 atom stereocenters. The van der Waals surface area contributed by atoms with E-state index in [0.29, 0.717) is 19.4 Å². The van der Waals surface area contributed by atoms with E-state index in [1.54, 1.807) is 12.4 Å². The summed E-state index contributed by atoms with van der Waals surface area (Å²) in [4.78, 5) is 15.1. The molecular weight excluding hydrogens is 213 g/mol. The molecule has 0 aromatic rings. The first-order chi connectivity index (χ1) is 6.87. The van der Waals surface area contributed by atoms with E-state index in [-0.39, 0.29) is 0 Å². The molecule has 7 heteroatoms. The van der Waals surface area contributed by atoms with E-state index in [0.717, 1.165) is 0 Å². The molecule has 0 aliphatic heterocycles. The summed E-state index contributed by atoms with van der Waals surface area (Å²) >= 11 is 0. The summed E-state index contributed by atoms with van der Waals surface area (Å²) in [6, 6.07) is 0. The van der Waals surface area contributed by atoms with Crippen LogP contribution in [-0.2, 0) is 9.63 Å². The predicted octanol–water partition coefficient (Wildman–Crippen LogP) is 0.972. The van der Waals surface area contributed by atoms with Crippen LogP contribution in [0.5, 0.6) is 0 Å². The van der Waals surface area contributed by atoms with Gasteiger partial charge in [-0.2, -0.15) is 13.2 Å². The van der Waals surface area contributed by atoms with Crippen molar-refractivity contribution in [1.82, 2.24) is 5.48 Å². The molecular formula is C8H15F3N2O2. The molecule has 3 N–H and O–H groups in total. The molecule has 0 saturated carbocycles. The zero-order chi connectivity index (χ0) is 11.9. The molecule has 1 unspecified atom stereocenters. The Morgan fingerprint density at radius 3 is 2.60 bits per heavy atom. The van der Waals surface area contributed by atoms with Gasteiger partial charge in [-0.3, -0.25) is 9.63 Å². The van der Waals surface area contributed by atoms with Crippen LogP contribution in [0.25, 0.3) is 0 Å². The Bertz CT molecular complexity index is 197. The molecule has 0 aromatic heterocycles. The highest BCUT2D eigenvalue weighted by atomic mass is 19.4. The fourth-order valence-electron chi connectivity index (χ4n) is 0.845. The molecule has 90 valence electrons. The van der Waals surface area contributed by atoms with Gasteiger partial charge in [0.2, 0.25) is 5.91 Å². The topological polar surface area (TPSA) is 64.4 Å². The SMILES string of the molecule is CC(CCCN)C(=O)NOCC(F)(F)F. The van der Waals surface area contributed by atoms with Gasteiger partial charge in [0, 0.05) is 5.92 Å². The first-order valence-corrected chi connectivity index (χ1v) is 4.55. The minimum Gasteiger partial charge on any atom is -0.330 e. The summed E-state index contributed by atoms with van der Waals surface area (Å²) in [5.41, 5.74) is 6.97. The average Bonchev–Trinajstić information content (AvgIpc) is 2.11. The smallest absolute Gasteiger partial charge is 0.330 e. The van der Waals surface area contributed by atoms with E-state index in [4.69, 9.17) is 5.73 Å². The highest BCUT2D eigenvalue weighted by molar-refractivity contribution is 5.77. The highest BCUT2D eigenvalue weighted by Crippen LogP contribution is 2.13. The normalized spacial score (nSPS) is 13.7. The molecule has 0 spiro atoms. The Kier molecular flexibility index (Phi) is 6.26. The molecule has 4 nitrogen and oxygen atoms in total. The van der Waals surface area contributed by atoms with Crippen LogP contribution in [0.1, 0.15) is 19.8 Å². The molecule has 0 aromatic carbocycles. The summed E-state index contributed by atoms with van der Waals surface area (Å²) in [5, 5.41) is 0. The zero-order valence-corrected chi connectivity index (χ0v) is 8.43. The van der Waals surface area contributed by atoms with Crippen LogP contribution in [0.2, 0.25) is 0 Å². The zero-order valence-electron chi connectivity index (χ0n) is 8.43. The van der Waals surface area contributed by atoms with Crippen molar-refractivity contribution in [2.45, 2.75) is 25.9 Å². The molecule has 0 aliphatic carbocycles. The second-order valence-electron chi connectivity index (χ2n) is 3.20. The molecule has 0 radical (unpaired) electrons. The molecule has 1 amide bonds. The number of amides is 1. The number of nitrogens with two attached hydrogens (primary N) is 1. The Morgan fingerprint density at radius 1 is 1.53 bits per heavy atom. The van der Waals surface area contributed by atoms with Crippen LogP contribution in [0.4, 0.5) is 13.2 Å². The van der Waals surface area contributed by atoms with Crippen LogP contribution < -0.4 is 11.2 Å². The Hall–Kier alpha value is -0.820. The van der Waals surface area contributed by atoms with Crippen molar-refractivity contribution in [3.05, 3.63) is 0 Å². The van der Waals surface area contributed by atoms with Gasteiger partial charge in [-0.15, -0.1) is 0 Å². The lowest BCUT2D eigenvalue weighted by molar-refractivity contribution is -0.192. The number of carbonyl (C=O) groups excluding carboxylic acids is 1. The molecule has 0 fully saturated rings. The molecule has 0 bridgehead atoms. The summed E-state index contributed by atoms with van der Waals surface area (Å²) in [7, 11) is 0. The van der Waals surface area contributed by atoms with Crippen LogP contribution >= 0.6 is 0 Å². The van der Waals surface area contributed by atoms with Gasteiger partial charge in [0.15, 0.2) is 6.61 Å². The Labute approximate surface area is 85.9 Å². The number of hydrogen-bond acceptors (Lipinski definition) is 3. The van der Waals surface area contributed by atoms with Gasteiger partial charge in [-0.25, -0.2) is 5.48 Å². The van der Waals surface area contributed by atoms with Gasteiger partial charge in [-0.1, -0.05) is 6.92 Å². The monoisotopic (exact) mass is 228 g/mol.